The molecule has 1 aromatic carbocycles. The molecule has 25 heavy (non-hydrogen) atoms. The summed E-state index contributed by atoms with van der Waals surface area (Å²) in [6.07, 6.45) is 5.40. The number of benzene rings is 1. The van der Waals surface area contributed by atoms with E-state index >= 15 is 0 Å². The summed E-state index contributed by atoms with van der Waals surface area (Å²) in [5.41, 5.74) is 0.888. The summed E-state index contributed by atoms with van der Waals surface area (Å²) in [6.45, 7) is 4.77. The van der Waals surface area contributed by atoms with Crippen LogP contribution in [0, 0.1) is 0 Å². The van der Waals surface area contributed by atoms with Gasteiger partial charge < -0.3 is 14.8 Å². The maximum Gasteiger partial charge on any atom is 0.244 e. The summed E-state index contributed by atoms with van der Waals surface area (Å²) in [5, 5.41) is 4.96. The van der Waals surface area contributed by atoms with Crippen LogP contribution in [-0.2, 0) is 4.79 Å². The van der Waals surface area contributed by atoms with Crippen LogP contribution in [0.5, 0.6) is 11.5 Å². The number of rotatable bonds is 9. The Morgan fingerprint density at radius 3 is 2.84 bits per heavy atom. The van der Waals surface area contributed by atoms with Gasteiger partial charge in [-0.2, -0.15) is 0 Å². The molecule has 0 radical (unpaired) electrons. The van der Waals surface area contributed by atoms with Crippen LogP contribution in [0.15, 0.2) is 41.8 Å². The van der Waals surface area contributed by atoms with E-state index in [1.165, 1.54) is 6.08 Å². The van der Waals surface area contributed by atoms with Crippen molar-refractivity contribution in [3.63, 3.8) is 0 Å². The van der Waals surface area contributed by atoms with Gasteiger partial charge in [0.05, 0.1) is 19.8 Å². The van der Waals surface area contributed by atoms with Gasteiger partial charge in [-0.25, -0.2) is 0 Å². The van der Waals surface area contributed by atoms with Gasteiger partial charge in [0.2, 0.25) is 5.91 Å². The fourth-order valence-electron chi connectivity index (χ4n) is 2.28. The summed E-state index contributed by atoms with van der Waals surface area (Å²) in [6, 6.07) is 9.65. The number of unbranched alkanes of at least 4 members (excludes halogenated alkanes) is 1. The van der Waals surface area contributed by atoms with Crippen molar-refractivity contribution >= 4 is 23.3 Å². The number of thiophene rings is 1. The van der Waals surface area contributed by atoms with E-state index in [4.69, 9.17) is 9.47 Å². The predicted octanol–water partition coefficient (Wildman–Crippen LogP) is 4.83. The van der Waals surface area contributed by atoms with Crippen LogP contribution in [0.2, 0.25) is 0 Å². The number of amides is 1. The minimum absolute atomic E-state index is 0.000952. The molecule has 0 spiro atoms. The van der Waals surface area contributed by atoms with Crippen LogP contribution in [0.3, 0.4) is 0 Å². The van der Waals surface area contributed by atoms with Crippen LogP contribution in [0.1, 0.15) is 43.2 Å². The number of methoxy groups -OCH3 is 1. The second-order valence-corrected chi connectivity index (χ2v) is 6.67. The van der Waals surface area contributed by atoms with Gasteiger partial charge in [0.15, 0.2) is 11.5 Å². The van der Waals surface area contributed by atoms with Gasteiger partial charge >= 0.3 is 0 Å². The van der Waals surface area contributed by atoms with E-state index in [1.807, 2.05) is 42.6 Å². The Morgan fingerprint density at radius 1 is 1.32 bits per heavy atom. The van der Waals surface area contributed by atoms with E-state index in [1.54, 1.807) is 24.5 Å². The topological polar surface area (TPSA) is 47.6 Å². The molecule has 5 heteroatoms. The predicted molar refractivity (Wildman–Crippen MR) is 103 cm³/mol. The molecule has 0 fully saturated rings. The number of carbonyl (C=O) groups excluding carboxylic acids is 1. The molecular weight excluding hydrogens is 334 g/mol. The van der Waals surface area contributed by atoms with Crippen molar-refractivity contribution in [2.75, 3.05) is 13.7 Å². The zero-order valence-corrected chi connectivity index (χ0v) is 15.8. The molecule has 0 saturated carbocycles. The Morgan fingerprint density at radius 2 is 2.16 bits per heavy atom. The quantitative estimate of drug-likeness (QED) is 0.515. The van der Waals surface area contributed by atoms with Crippen molar-refractivity contribution < 1.29 is 14.3 Å². The zero-order valence-electron chi connectivity index (χ0n) is 15.0. The van der Waals surface area contributed by atoms with Crippen molar-refractivity contribution in [2.24, 2.45) is 0 Å². The summed E-state index contributed by atoms with van der Waals surface area (Å²) in [7, 11) is 1.62. The van der Waals surface area contributed by atoms with Crippen LogP contribution in [0.25, 0.3) is 6.08 Å². The van der Waals surface area contributed by atoms with Gasteiger partial charge in [-0.05, 0) is 48.6 Å². The Labute approximate surface area is 153 Å². The molecule has 1 aromatic heterocycles. The fourth-order valence-corrected chi connectivity index (χ4v) is 3.01. The first kappa shape index (κ1) is 19.1. The molecule has 0 aliphatic carbocycles. The van der Waals surface area contributed by atoms with Crippen molar-refractivity contribution in [1.82, 2.24) is 5.32 Å². The number of hydrogen-bond donors (Lipinski definition) is 1. The molecule has 0 aliphatic rings. The van der Waals surface area contributed by atoms with E-state index in [9.17, 15) is 4.79 Å². The standard InChI is InChI=1S/C20H25NO3S/c1-4-5-12-24-17-10-8-16(14-18(17)23-3)9-11-20(22)21-15(2)19-7-6-13-25-19/h6-11,13-15H,4-5,12H2,1-3H3,(H,21,22)/b11-9+. The van der Waals surface area contributed by atoms with Crippen molar-refractivity contribution in [3.8, 4) is 11.5 Å². The van der Waals surface area contributed by atoms with Crippen LogP contribution in [-0.4, -0.2) is 19.6 Å². The molecule has 2 rings (SSSR count). The van der Waals surface area contributed by atoms with Gasteiger partial charge in [0.25, 0.3) is 0 Å². The molecule has 0 aliphatic heterocycles. The van der Waals surface area contributed by atoms with E-state index < -0.39 is 0 Å². The van der Waals surface area contributed by atoms with Gasteiger partial charge in [-0.3, -0.25) is 4.79 Å². The third-order valence-corrected chi connectivity index (χ3v) is 4.75. The summed E-state index contributed by atoms with van der Waals surface area (Å²) < 4.78 is 11.1. The highest BCUT2D eigenvalue weighted by atomic mass is 32.1. The molecule has 0 saturated heterocycles. The molecular formula is C20H25NO3S. The summed E-state index contributed by atoms with van der Waals surface area (Å²) in [4.78, 5) is 13.2. The maximum atomic E-state index is 12.1. The monoisotopic (exact) mass is 359 g/mol. The molecule has 1 atom stereocenters. The summed E-state index contributed by atoms with van der Waals surface area (Å²) in [5.74, 6) is 1.28. The van der Waals surface area contributed by atoms with Crippen LogP contribution in [0.4, 0.5) is 0 Å². The first-order valence-electron chi connectivity index (χ1n) is 8.46. The Bertz CT molecular complexity index is 695. The lowest BCUT2D eigenvalue weighted by atomic mass is 10.2. The van der Waals surface area contributed by atoms with Gasteiger partial charge in [0.1, 0.15) is 0 Å². The lowest BCUT2D eigenvalue weighted by molar-refractivity contribution is -0.117. The minimum atomic E-state index is -0.122. The first-order chi connectivity index (χ1) is 12.1. The summed E-state index contributed by atoms with van der Waals surface area (Å²) >= 11 is 1.63. The lowest BCUT2D eigenvalue weighted by Crippen LogP contribution is -2.23. The third-order valence-electron chi connectivity index (χ3n) is 3.70. The first-order valence-corrected chi connectivity index (χ1v) is 9.34. The molecule has 2 aromatic rings. The van der Waals surface area contributed by atoms with E-state index in [2.05, 4.69) is 12.2 Å². The SMILES string of the molecule is CCCCOc1ccc(/C=C/C(=O)NC(C)c2cccs2)cc1OC. The Kier molecular flexibility index (Phi) is 7.54. The maximum absolute atomic E-state index is 12.1. The van der Waals surface area contributed by atoms with E-state index in [0.29, 0.717) is 12.4 Å². The number of carbonyl (C=O) groups is 1. The van der Waals surface area contributed by atoms with Gasteiger partial charge in [-0.15, -0.1) is 11.3 Å². The fraction of sp³-hybridized carbons (Fsp3) is 0.350. The highest BCUT2D eigenvalue weighted by Crippen LogP contribution is 2.28. The van der Waals surface area contributed by atoms with Crippen LogP contribution < -0.4 is 14.8 Å². The Balaban J connectivity index is 1.96. The molecule has 1 N–H and O–H groups in total. The average Bonchev–Trinajstić information content (AvgIpc) is 3.15. The van der Waals surface area contributed by atoms with Crippen molar-refractivity contribution in [1.29, 1.82) is 0 Å². The molecule has 0 bridgehead atoms. The molecule has 134 valence electrons. The second-order valence-electron chi connectivity index (χ2n) is 5.69. The minimum Gasteiger partial charge on any atom is -0.493 e. The molecule has 1 amide bonds. The number of nitrogens with one attached hydrogen (secondary N) is 1. The zero-order chi connectivity index (χ0) is 18.1. The normalized spacial score (nSPS) is 12.1. The number of ether oxygens (including phenoxy) is 2. The van der Waals surface area contributed by atoms with Crippen molar-refractivity contribution in [2.45, 2.75) is 32.7 Å². The highest BCUT2D eigenvalue weighted by Gasteiger charge is 2.08. The molecule has 1 heterocycles. The van der Waals surface area contributed by atoms with Gasteiger partial charge in [0, 0.05) is 11.0 Å². The van der Waals surface area contributed by atoms with Crippen molar-refractivity contribution in [3.05, 3.63) is 52.2 Å². The highest BCUT2D eigenvalue weighted by molar-refractivity contribution is 7.10. The second kappa shape index (κ2) is 9.89. The van der Waals surface area contributed by atoms with E-state index in [0.717, 1.165) is 29.0 Å². The van der Waals surface area contributed by atoms with Gasteiger partial charge in [-0.1, -0.05) is 25.5 Å². The molecule has 4 nitrogen and oxygen atoms in total. The third kappa shape index (κ3) is 5.94. The Hall–Kier alpha value is -2.27. The largest absolute Gasteiger partial charge is 0.493 e. The van der Waals surface area contributed by atoms with E-state index in [-0.39, 0.29) is 11.9 Å². The lowest BCUT2D eigenvalue weighted by Gasteiger charge is -2.11. The smallest absolute Gasteiger partial charge is 0.244 e. The molecule has 1 unspecified atom stereocenters. The van der Waals surface area contributed by atoms with Crippen LogP contribution >= 0.6 is 11.3 Å². The number of hydrogen-bond acceptors (Lipinski definition) is 4. The average molecular weight is 359 g/mol.